The van der Waals surface area contributed by atoms with Crippen LogP contribution >= 0.6 is 19.4 Å². The number of aromatic nitrogens is 1. The first kappa shape index (κ1) is 16.7. The number of pyridine rings is 1. The quantitative estimate of drug-likeness (QED) is 0.594. The highest BCUT2D eigenvalue weighted by Crippen LogP contribution is 2.42. The van der Waals surface area contributed by atoms with Crippen LogP contribution in [0.2, 0.25) is 5.02 Å². The Bertz CT molecular complexity index is 958. The number of para-hydroxylation sites is 1. The lowest BCUT2D eigenvalue weighted by molar-refractivity contribution is 0.283. The van der Waals surface area contributed by atoms with Crippen molar-refractivity contribution in [2.75, 3.05) is 5.32 Å². The number of hydrogen-bond donors (Lipinski definition) is 3. The van der Waals surface area contributed by atoms with E-state index in [9.17, 15) is 4.57 Å². The van der Waals surface area contributed by atoms with E-state index in [1.54, 1.807) is 31.2 Å². The van der Waals surface area contributed by atoms with Crippen LogP contribution in [0.5, 0.6) is 5.75 Å². The maximum atomic E-state index is 11.1. The largest absolute Gasteiger partial charge is 0.524 e. The average Bonchev–Trinajstić information content (AvgIpc) is 2.49. The zero-order valence-electron chi connectivity index (χ0n) is 12.6. The molecule has 0 spiro atoms. The van der Waals surface area contributed by atoms with E-state index in [-0.39, 0.29) is 5.75 Å². The predicted octanol–water partition coefficient (Wildman–Crippen LogP) is 4.41. The molecule has 0 radical (unpaired) electrons. The third kappa shape index (κ3) is 3.86. The SMILES string of the molecule is Cc1ccc(Nc2ccc3cccc(Cl)c3n2)c(OP(=O)(O)O)c1. The highest BCUT2D eigenvalue weighted by atomic mass is 35.5. The Kier molecular flexibility index (Phi) is 4.47. The molecule has 0 atom stereocenters. The monoisotopic (exact) mass is 364 g/mol. The molecular formula is C16H14ClN2O4P. The number of nitrogens with one attached hydrogen (secondary N) is 1. The minimum absolute atomic E-state index is 0.0457. The minimum Gasteiger partial charge on any atom is -0.402 e. The van der Waals surface area contributed by atoms with E-state index in [1.807, 2.05) is 18.2 Å². The summed E-state index contributed by atoms with van der Waals surface area (Å²) >= 11 is 6.15. The Balaban J connectivity index is 1.99. The van der Waals surface area contributed by atoms with Gasteiger partial charge in [-0.3, -0.25) is 9.79 Å². The zero-order valence-corrected chi connectivity index (χ0v) is 14.3. The van der Waals surface area contributed by atoms with Crippen molar-refractivity contribution in [3.8, 4) is 5.75 Å². The van der Waals surface area contributed by atoms with Crippen LogP contribution in [0.15, 0.2) is 48.5 Å². The second kappa shape index (κ2) is 6.42. The lowest BCUT2D eigenvalue weighted by Crippen LogP contribution is -1.99. The van der Waals surface area contributed by atoms with Crippen LogP contribution in [0, 0.1) is 6.92 Å². The van der Waals surface area contributed by atoms with E-state index < -0.39 is 7.82 Å². The first-order valence-corrected chi connectivity index (χ1v) is 8.91. The van der Waals surface area contributed by atoms with Gasteiger partial charge in [-0.15, -0.1) is 0 Å². The summed E-state index contributed by atoms with van der Waals surface area (Å²) in [4.78, 5) is 22.6. The Morgan fingerprint density at radius 3 is 2.71 bits per heavy atom. The first-order valence-electron chi connectivity index (χ1n) is 7.00. The minimum atomic E-state index is -4.67. The van der Waals surface area contributed by atoms with E-state index in [2.05, 4.69) is 10.3 Å². The van der Waals surface area contributed by atoms with E-state index in [4.69, 9.17) is 25.9 Å². The molecule has 0 saturated heterocycles. The van der Waals surface area contributed by atoms with Crippen molar-refractivity contribution in [3.63, 3.8) is 0 Å². The Morgan fingerprint density at radius 2 is 1.96 bits per heavy atom. The molecule has 3 aromatic rings. The summed E-state index contributed by atoms with van der Waals surface area (Å²) in [5, 5.41) is 4.42. The fourth-order valence-corrected chi connectivity index (χ4v) is 2.89. The topological polar surface area (TPSA) is 91.7 Å². The summed E-state index contributed by atoms with van der Waals surface area (Å²) in [6.45, 7) is 1.80. The molecule has 0 aliphatic carbocycles. The number of phosphoric ester groups is 1. The van der Waals surface area contributed by atoms with E-state index in [0.29, 0.717) is 22.0 Å². The standard InChI is InChI=1S/C16H14ClN2O4P/c1-10-5-7-13(14(9-10)23-24(20,21)22)18-15-8-6-11-3-2-4-12(17)16(11)19-15/h2-9H,1H3,(H,18,19)(H2,20,21,22). The molecule has 1 aromatic heterocycles. The third-order valence-corrected chi connectivity index (χ3v) is 4.03. The molecule has 0 fully saturated rings. The van der Waals surface area contributed by atoms with Crippen LogP contribution in [0.25, 0.3) is 10.9 Å². The average molecular weight is 365 g/mol. The van der Waals surface area contributed by atoms with Crippen LogP contribution < -0.4 is 9.84 Å². The van der Waals surface area contributed by atoms with Gasteiger partial charge in [-0.1, -0.05) is 29.8 Å². The van der Waals surface area contributed by atoms with E-state index in [0.717, 1.165) is 10.9 Å². The van der Waals surface area contributed by atoms with Gasteiger partial charge < -0.3 is 9.84 Å². The molecule has 1 heterocycles. The van der Waals surface area contributed by atoms with Crippen molar-refractivity contribution in [2.45, 2.75) is 6.92 Å². The van der Waals surface area contributed by atoms with Gasteiger partial charge >= 0.3 is 7.82 Å². The summed E-state index contributed by atoms with van der Waals surface area (Å²) in [5.41, 5.74) is 1.83. The molecule has 124 valence electrons. The summed E-state index contributed by atoms with van der Waals surface area (Å²) in [6, 6.07) is 14.1. The summed E-state index contributed by atoms with van der Waals surface area (Å²) < 4.78 is 15.9. The Labute approximate surface area is 143 Å². The smallest absolute Gasteiger partial charge is 0.402 e. The van der Waals surface area contributed by atoms with Crippen LogP contribution in [-0.4, -0.2) is 14.8 Å². The summed E-state index contributed by atoms with van der Waals surface area (Å²) in [5.74, 6) is 0.527. The van der Waals surface area contributed by atoms with Crippen molar-refractivity contribution in [1.29, 1.82) is 0 Å². The van der Waals surface area contributed by atoms with Crippen LogP contribution in [0.4, 0.5) is 11.5 Å². The normalized spacial score (nSPS) is 11.5. The van der Waals surface area contributed by atoms with Gasteiger partial charge in [0, 0.05) is 5.39 Å². The van der Waals surface area contributed by atoms with Gasteiger partial charge in [0.2, 0.25) is 0 Å². The van der Waals surface area contributed by atoms with Gasteiger partial charge in [0.05, 0.1) is 16.2 Å². The number of phosphoric acid groups is 1. The lowest BCUT2D eigenvalue weighted by Gasteiger charge is -2.14. The molecule has 2 aromatic carbocycles. The molecule has 8 heteroatoms. The summed E-state index contributed by atoms with van der Waals surface area (Å²) in [7, 11) is -4.67. The molecule has 24 heavy (non-hydrogen) atoms. The maximum Gasteiger partial charge on any atom is 0.524 e. The lowest BCUT2D eigenvalue weighted by atomic mass is 10.2. The highest BCUT2D eigenvalue weighted by molar-refractivity contribution is 7.46. The second-order valence-corrected chi connectivity index (χ2v) is 6.79. The van der Waals surface area contributed by atoms with Gasteiger partial charge in [0.1, 0.15) is 5.82 Å². The predicted molar refractivity (Wildman–Crippen MR) is 93.9 cm³/mol. The molecule has 0 bridgehead atoms. The molecule has 3 rings (SSSR count). The van der Waals surface area contributed by atoms with Gasteiger partial charge in [-0.05, 0) is 42.8 Å². The third-order valence-electron chi connectivity index (χ3n) is 3.29. The molecule has 0 unspecified atom stereocenters. The van der Waals surface area contributed by atoms with Gasteiger partial charge in [0.15, 0.2) is 5.75 Å². The van der Waals surface area contributed by atoms with Gasteiger partial charge in [-0.25, -0.2) is 9.55 Å². The zero-order chi connectivity index (χ0) is 17.3. The van der Waals surface area contributed by atoms with Crippen LogP contribution in [0.1, 0.15) is 5.56 Å². The van der Waals surface area contributed by atoms with Gasteiger partial charge in [-0.2, -0.15) is 0 Å². The number of nitrogens with zero attached hydrogens (tertiary/aromatic N) is 1. The number of rotatable bonds is 4. The van der Waals surface area contributed by atoms with Gasteiger partial charge in [0.25, 0.3) is 0 Å². The molecule has 6 nitrogen and oxygen atoms in total. The molecule has 0 aliphatic rings. The van der Waals surface area contributed by atoms with Crippen LogP contribution in [0.3, 0.4) is 0 Å². The second-order valence-electron chi connectivity index (χ2n) is 5.21. The molecule has 0 saturated carbocycles. The van der Waals surface area contributed by atoms with Crippen molar-refractivity contribution in [1.82, 2.24) is 4.98 Å². The Hall–Kier alpha value is -2.11. The number of aryl methyl sites for hydroxylation is 1. The number of halogens is 1. The molecule has 3 N–H and O–H groups in total. The fraction of sp³-hybridized carbons (Fsp3) is 0.0625. The highest BCUT2D eigenvalue weighted by Gasteiger charge is 2.19. The van der Waals surface area contributed by atoms with Crippen molar-refractivity contribution >= 4 is 41.8 Å². The van der Waals surface area contributed by atoms with Crippen molar-refractivity contribution in [3.05, 3.63) is 59.1 Å². The van der Waals surface area contributed by atoms with E-state index >= 15 is 0 Å². The van der Waals surface area contributed by atoms with E-state index in [1.165, 1.54) is 6.07 Å². The summed E-state index contributed by atoms with van der Waals surface area (Å²) in [6.07, 6.45) is 0. The number of benzene rings is 2. The van der Waals surface area contributed by atoms with Crippen LogP contribution in [-0.2, 0) is 4.57 Å². The molecular weight excluding hydrogens is 351 g/mol. The molecule has 0 amide bonds. The number of hydrogen-bond acceptors (Lipinski definition) is 4. The van der Waals surface area contributed by atoms with Crippen molar-refractivity contribution in [2.24, 2.45) is 0 Å². The first-order chi connectivity index (χ1) is 11.3. The van der Waals surface area contributed by atoms with Crippen molar-refractivity contribution < 1.29 is 18.9 Å². The number of anilines is 2. The number of fused-ring (bicyclic) bond motifs is 1. The fourth-order valence-electron chi connectivity index (χ4n) is 2.25. The Morgan fingerprint density at radius 1 is 1.17 bits per heavy atom. The molecule has 0 aliphatic heterocycles. The maximum absolute atomic E-state index is 11.1.